The van der Waals surface area contributed by atoms with Gasteiger partial charge in [0.15, 0.2) is 0 Å². The molecule has 1 aromatic carbocycles. The Hall–Kier alpha value is -2.17. The van der Waals surface area contributed by atoms with E-state index in [4.69, 9.17) is 4.42 Å². The van der Waals surface area contributed by atoms with Gasteiger partial charge in [-0.2, -0.15) is 0 Å². The average Bonchev–Trinajstić information content (AvgIpc) is 3.16. The number of piperidine rings is 1. The lowest BCUT2D eigenvalue weighted by molar-refractivity contribution is -0.137. The Labute approximate surface area is 145 Å². The molecule has 2 aliphatic rings. The molecule has 1 aliphatic heterocycles. The Bertz CT molecular complexity index is 754. The Morgan fingerprint density at radius 2 is 1.92 bits per heavy atom. The smallest absolute Gasteiger partial charge is 0.226 e. The van der Waals surface area contributed by atoms with Crippen LogP contribution in [0, 0.1) is 23.5 Å². The predicted octanol–water partition coefficient (Wildman–Crippen LogP) is 4.66. The normalized spacial score (nSPS) is 28.8. The third kappa shape index (κ3) is 2.96. The number of carbonyl (C=O) groups is 1. The molecule has 4 rings (SSSR count). The molecule has 2 heterocycles. The van der Waals surface area contributed by atoms with Crippen molar-refractivity contribution in [3.63, 3.8) is 0 Å². The van der Waals surface area contributed by atoms with Crippen molar-refractivity contribution in [2.45, 2.75) is 38.1 Å². The number of likely N-dealkylation sites (tertiary alicyclic amines) is 1. The van der Waals surface area contributed by atoms with E-state index in [-0.39, 0.29) is 29.3 Å². The number of hydrogen-bond acceptors (Lipinski definition) is 2. The summed E-state index contributed by atoms with van der Waals surface area (Å²) in [4.78, 5) is 14.9. The number of carbonyl (C=O) groups excluding carboxylic acids is 1. The van der Waals surface area contributed by atoms with E-state index in [0.29, 0.717) is 18.9 Å². The van der Waals surface area contributed by atoms with Gasteiger partial charge in [0.05, 0.1) is 12.3 Å². The highest BCUT2D eigenvalue weighted by Crippen LogP contribution is 2.51. The molecule has 4 atom stereocenters. The minimum absolute atomic E-state index is 0.0130. The van der Waals surface area contributed by atoms with Gasteiger partial charge in [-0.25, -0.2) is 8.78 Å². The minimum atomic E-state index is -0.560. The second-order valence-corrected chi connectivity index (χ2v) is 7.28. The second kappa shape index (κ2) is 6.28. The third-order valence-electron chi connectivity index (χ3n) is 5.50. The van der Waals surface area contributed by atoms with Gasteiger partial charge < -0.3 is 9.32 Å². The number of rotatable bonds is 3. The van der Waals surface area contributed by atoms with E-state index >= 15 is 0 Å². The fourth-order valence-corrected chi connectivity index (χ4v) is 4.02. The highest BCUT2D eigenvalue weighted by Gasteiger charge is 2.50. The summed E-state index contributed by atoms with van der Waals surface area (Å²) in [7, 11) is 0. The monoisotopic (exact) mass is 345 g/mol. The van der Waals surface area contributed by atoms with E-state index in [2.05, 4.69) is 6.92 Å². The molecule has 25 heavy (non-hydrogen) atoms. The molecule has 1 amide bonds. The maximum Gasteiger partial charge on any atom is 0.226 e. The zero-order valence-corrected chi connectivity index (χ0v) is 14.1. The fourth-order valence-electron chi connectivity index (χ4n) is 4.02. The molecule has 2 fully saturated rings. The van der Waals surface area contributed by atoms with Gasteiger partial charge in [0, 0.05) is 23.9 Å². The van der Waals surface area contributed by atoms with Crippen LogP contribution < -0.4 is 0 Å². The molecule has 0 bridgehead atoms. The van der Waals surface area contributed by atoms with Crippen LogP contribution in [0.4, 0.5) is 8.78 Å². The summed E-state index contributed by atoms with van der Waals surface area (Å²) >= 11 is 0. The van der Waals surface area contributed by atoms with Crippen LogP contribution in [0.3, 0.4) is 0 Å². The van der Waals surface area contributed by atoms with Crippen molar-refractivity contribution in [1.82, 2.24) is 4.90 Å². The molecule has 1 saturated heterocycles. The molecule has 0 N–H and O–H groups in total. The molecule has 2 aromatic rings. The van der Waals surface area contributed by atoms with Gasteiger partial charge in [0.25, 0.3) is 0 Å². The summed E-state index contributed by atoms with van der Waals surface area (Å²) in [5, 5.41) is 0. The highest BCUT2D eigenvalue weighted by atomic mass is 19.1. The Balaban J connectivity index is 1.55. The third-order valence-corrected chi connectivity index (χ3v) is 5.50. The van der Waals surface area contributed by atoms with Crippen molar-refractivity contribution < 1.29 is 18.0 Å². The first kappa shape index (κ1) is 16.3. The average molecular weight is 345 g/mol. The van der Waals surface area contributed by atoms with Gasteiger partial charge in [0.1, 0.15) is 17.4 Å². The highest BCUT2D eigenvalue weighted by molar-refractivity contribution is 5.83. The molecule has 1 aliphatic carbocycles. The lowest BCUT2D eigenvalue weighted by Gasteiger charge is -2.37. The molecule has 0 spiro atoms. The fraction of sp³-hybridized carbons (Fsp3) is 0.450. The summed E-state index contributed by atoms with van der Waals surface area (Å²) in [5.41, 5.74) is 0.0563. The van der Waals surface area contributed by atoms with Crippen LogP contribution in [0.1, 0.15) is 49.5 Å². The first-order valence-corrected chi connectivity index (χ1v) is 8.84. The van der Waals surface area contributed by atoms with E-state index in [1.165, 1.54) is 18.2 Å². The molecule has 0 radical (unpaired) electrons. The predicted molar refractivity (Wildman–Crippen MR) is 88.8 cm³/mol. The molecule has 3 nitrogen and oxygen atoms in total. The molecule has 132 valence electrons. The van der Waals surface area contributed by atoms with Crippen LogP contribution in [0.15, 0.2) is 41.0 Å². The Morgan fingerprint density at radius 1 is 1.16 bits per heavy atom. The standard InChI is InChI=1S/C20H21F2NO2/c1-12-7-8-23(17(10-12)18-6-3-9-25-18)20(24)14-11-13(14)19-15(21)4-2-5-16(19)22/h2-6,9,12-14,17H,7-8,10-11H2,1H3/t12-,13-,14-,17-/m1/s1. The van der Waals surface area contributed by atoms with Crippen LogP contribution >= 0.6 is 0 Å². The Kier molecular flexibility index (Phi) is 4.10. The summed E-state index contributed by atoms with van der Waals surface area (Å²) in [5.74, 6) is -0.527. The molecule has 5 heteroatoms. The topological polar surface area (TPSA) is 33.5 Å². The van der Waals surface area contributed by atoms with Crippen LogP contribution in [-0.2, 0) is 4.79 Å². The SMILES string of the molecule is C[C@@H]1CCN(C(=O)[C@@H]2C[C@H]2c2c(F)cccc2F)[C@@H](c2ccco2)C1. The van der Waals surface area contributed by atoms with Crippen LogP contribution in [0.5, 0.6) is 0 Å². The number of nitrogens with zero attached hydrogens (tertiary/aromatic N) is 1. The van der Waals surface area contributed by atoms with Crippen molar-refractivity contribution in [3.05, 3.63) is 59.6 Å². The van der Waals surface area contributed by atoms with Crippen LogP contribution in [0.25, 0.3) is 0 Å². The number of furan rings is 1. The molecule has 1 saturated carbocycles. The molecular weight excluding hydrogens is 324 g/mol. The van der Waals surface area contributed by atoms with Gasteiger partial charge in [-0.3, -0.25) is 4.79 Å². The molecular formula is C20H21F2NO2. The van der Waals surface area contributed by atoms with E-state index in [0.717, 1.165) is 18.6 Å². The second-order valence-electron chi connectivity index (χ2n) is 7.28. The lowest BCUT2D eigenvalue weighted by Crippen LogP contribution is -2.41. The maximum absolute atomic E-state index is 14.0. The van der Waals surface area contributed by atoms with Gasteiger partial charge in [-0.1, -0.05) is 13.0 Å². The van der Waals surface area contributed by atoms with E-state index in [1.54, 1.807) is 6.26 Å². The maximum atomic E-state index is 14.0. The number of amides is 1. The van der Waals surface area contributed by atoms with Crippen molar-refractivity contribution in [1.29, 1.82) is 0 Å². The largest absolute Gasteiger partial charge is 0.467 e. The van der Waals surface area contributed by atoms with Crippen molar-refractivity contribution in [2.24, 2.45) is 11.8 Å². The van der Waals surface area contributed by atoms with Gasteiger partial charge in [0.2, 0.25) is 5.91 Å². The summed E-state index contributed by atoms with van der Waals surface area (Å²) in [6.45, 7) is 2.83. The summed E-state index contributed by atoms with van der Waals surface area (Å²) < 4.78 is 33.5. The first-order valence-electron chi connectivity index (χ1n) is 8.84. The summed E-state index contributed by atoms with van der Waals surface area (Å²) in [6.07, 6.45) is 3.92. The van der Waals surface area contributed by atoms with Crippen molar-refractivity contribution >= 4 is 5.91 Å². The van der Waals surface area contributed by atoms with Gasteiger partial charge in [-0.05, 0) is 49.4 Å². The van der Waals surface area contributed by atoms with E-state index in [1.807, 2.05) is 17.0 Å². The Morgan fingerprint density at radius 3 is 2.60 bits per heavy atom. The number of halogens is 2. The van der Waals surface area contributed by atoms with Crippen LogP contribution in [0.2, 0.25) is 0 Å². The van der Waals surface area contributed by atoms with Gasteiger partial charge in [-0.15, -0.1) is 0 Å². The van der Waals surface area contributed by atoms with E-state index < -0.39 is 11.6 Å². The molecule has 0 unspecified atom stereocenters. The quantitative estimate of drug-likeness (QED) is 0.810. The molecule has 1 aromatic heterocycles. The lowest BCUT2D eigenvalue weighted by atomic mass is 9.90. The van der Waals surface area contributed by atoms with Crippen LogP contribution in [-0.4, -0.2) is 17.4 Å². The van der Waals surface area contributed by atoms with Crippen molar-refractivity contribution in [3.8, 4) is 0 Å². The van der Waals surface area contributed by atoms with E-state index in [9.17, 15) is 13.6 Å². The summed E-state index contributed by atoms with van der Waals surface area (Å²) in [6, 6.07) is 7.50. The number of hydrogen-bond donors (Lipinski definition) is 0. The first-order chi connectivity index (χ1) is 12.1. The zero-order chi connectivity index (χ0) is 17.6. The van der Waals surface area contributed by atoms with Crippen molar-refractivity contribution in [2.75, 3.05) is 6.54 Å². The number of benzene rings is 1. The minimum Gasteiger partial charge on any atom is -0.467 e. The zero-order valence-electron chi connectivity index (χ0n) is 14.1. The van der Waals surface area contributed by atoms with Gasteiger partial charge >= 0.3 is 0 Å².